The monoisotopic (exact) mass is 204 g/mol. The van der Waals surface area contributed by atoms with E-state index in [0.29, 0.717) is 13.2 Å². The van der Waals surface area contributed by atoms with Gasteiger partial charge in [0.2, 0.25) is 0 Å². The second-order valence-corrected chi connectivity index (χ2v) is 1.83. The van der Waals surface area contributed by atoms with Crippen molar-refractivity contribution in [2.75, 3.05) is 20.2 Å². The van der Waals surface area contributed by atoms with Gasteiger partial charge in [0.05, 0.1) is 13.2 Å². The molecule has 0 bridgehead atoms. The number of hydrogen-bond donors (Lipinski definition) is 1. The number of hydrogen-bond acceptors (Lipinski definition) is 3. The Morgan fingerprint density at radius 2 is 1.77 bits per heavy atom. The molecule has 13 heavy (non-hydrogen) atoms. The van der Waals surface area contributed by atoms with Crippen LogP contribution in [-0.2, 0) is 9.53 Å². The van der Waals surface area contributed by atoms with Crippen LogP contribution in [0.1, 0.15) is 6.92 Å². The van der Waals surface area contributed by atoms with Gasteiger partial charge in [-0.1, -0.05) is 0 Å². The van der Waals surface area contributed by atoms with Crippen LogP contribution >= 0.6 is 0 Å². The van der Waals surface area contributed by atoms with Crippen LogP contribution in [-0.4, -0.2) is 33.4 Å². The van der Waals surface area contributed by atoms with Crippen LogP contribution in [0.3, 0.4) is 0 Å². The third-order valence-corrected chi connectivity index (χ3v) is 0.626. The second-order valence-electron chi connectivity index (χ2n) is 1.83. The molecule has 0 atom stereocenters. The van der Waals surface area contributed by atoms with Crippen molar-refractivity contribution in [1.29, 1.82) is 0 Å². The highest BCUT2D eigenvalue weighted by molar-refractivity contribution is 6.50. The number of halogens is 4. The molecule has 0 fully saturated rings. The molecule has 0 heterocycles. The molecule has 0 radical (unpaired) electrons. The largest absolute Gasteiger partial charge is 0.673 e. The third kappa shape index (κ3) is 35.0. The number of esters is 1. The minimum atomic E-state index is -6.00. The lowest BCUT2D eigenvalue weighted by molar-refractivity contribution is -0.141. The summed E-state index contributed by atoms with van der Waals surface area (Å²) < 4.78 is 43.6. The van der Waals surface area contributed by atoms with Gasteiger partial charge in [-0.3, -0.25) is 4.79 Å². The third-order valence-electron chi connectivity index (χ3n) is 0.626. The highest BCUT2D eigenvalue weighted by Crippen LogP contribution is 2.06. The molecule has 1 N–H and O–H groups in total. The van der Waals surface area contributed by atoms with E-state index in [0.717, 1.165) is 0 Å². The summed E-state index contributed by atoms with van der Waals surface area (Å²) in [7, 11) is -4.29. The van der Waals surface area contributed by atoms with E-state index in [-0.39, 0.29) is 5.97 Å². The zero-order chi connectivity index (χ0) is 10.9. The fourth-order valence-corrected chi connectivity index (χ4v) is 0.356. The Hall–Kier alpha value is -0.785. The van der Waals surface area contributed by atoms with E-state index >= 15 is 0 Å². The maximum atomic E-state index is 10.4. The number of carbonyl (C=O) groups is 1. The average Bonchev–Trinajstić information content (AvgIpc) is 1.84. The van der Waals surface area contributed by atoms with E-state index in [1.54, 1.807) is 14.0 Å². The summed E-state index contributed by atoms with van der Waals surface area (Å²) in [6.07, 6.45) is 0. The minimum absolute atomic E-state index is 0.199. The number of rotatable bonds is 3. The van der Waals surface area contributed by atoms with Gasteiger partial charge in [-0.2, -0.15) is 0 Å². The predicted molar refractivity (Wildman–Crippen MR) is 40.7 cm³/mol. The molecule has 0 aromatic heterocycles. The van der Waals surface area contributed by atoms with Crippen molar-refractivity contribution in [1.82, 2.24) is 5.32 Å². The Morgan fingerprint density at radius 3 is 2.00 bits per heavy atom. The molecule has 8 heteroatoms. The van der Waals surface area contributed by atoms with E-state index < -0.39 is 7.25 Å². The summed E-state index contributed by atoms with van der Waals surface area (Å²) in [5.74, 6) is -0.199. The average molecular weight is 204 g/mol. The standard InChI is InChI=1S/C5H11NO2.BF4/c1-3-8-5(7)4-6-2;2-1(3,4)5/h6H,3-4H2,1-2H3;/q;-1. The molecule has 0 aromatic rings. The van der Waals surface area contributed by atoms with Crippen molar-refractivity contribution >= 4 is 13.2 Å². The van der Waals surface area contributed by atoms with E-state index in [1.165, 1.54) is 0 Å². The van der Waals surface area contributed by atoms with Crippen LogP contribution in [0, 0.1) is 0 Å². The van der Waals surface area contributed by atoms with Crippen LogP contribution in [0.15, 0.2) is 0 Å². The number of likely N-dealkylation sites (N-methyl/N-ethyl adjacent to an activating group) is 1. The normalized spacial score (nSPS) is 10.0. The van der Waals surface area contributed by atoms with Crippen LogP contribution in [0.2, 0.25) is 0 Å². The minimum Gasteiger partial charge on any atom is -0.465 e. The molecule has 0 aliphatic heterocycles. The topological polar surface area (TPSA) is 38.3 Å². The van der Waals surface area contributed by atoms with Crippen LogP contribution in [0.25, 0.3) is 0 Å². The first kappa shape index (κ1) is 14.7. The molecule has 3 nitrogen and oxygen atoms in total. The Morgan fingerprint density at radius 1 is 1.38 bits per heavy atom. The fraction of sp³-hybridized carbons (Fsp3) is 0.800. The van der Waals surface area contributed by atoms with Crippen molar-refractivity contribution in [3.8, 4) is 0 Å². The van der Waals surface area contributed by atoms with Crippen LogP contribution in [0.5, 0.6) is 0 Å². The Bertz CT molecular complexity index is 127. The molecule has 0 aromatic carbocycles. The molecule has 0 unspecified atom stereocenters. The first-order valence-electron chi connectivity index (χ1n) is 3.48. The lowest BCUT2D eigenvalue weighted by atomic mass is 10.3. The van der Waals surface area contributed by atoms with E-state index in [2.05, 4.69) is 10.1 Å². The van der Waals surface area contributed by atoms with Crippen molar-refractivity contribution < 1.29 is 26.8 Å². The maximum Gasteiger partial charge on any atom is 0.673 e. The molecular formula is C5H11BF4NO2-. The number of carbonyl (C=O) groups excluding carboxylic acids is 1. The van der Waals surface area contributed by atoms with Crippen molar-refractivity contribution in [3.05, 3.63) is 0 Å². The number of ether oxygens (including phenoxy) is 1. The molecule has 0 saturated carbocycles. The summed E-state index contributed by atoms with van der Waals surface area (Å²) in [5.41, 5.74) is 0. The van der Waals surface area contributed by atoms with Crippen molar-refractivity contribution in [3.63, 3.8) is 0 Å². The summed E-state index contributed by atoms with van der Waals surface area (Å²) in [6, 6.07) is 0. The summed E-state index contributed by atoms with van der Waals surface area (Å²) in [6.45, 7) is 2.54. The van der Waals surface area contributed by atoms with Crippen LogP contribution in [0.4, 0.5) is 17.3 Å². The van der Waals surface area contributed by atoms with E-state index in [4.69, 9.17) is 0 Å². The zero-order valence-electron chi connectivity index (χ0n) is 7.32. The fourth-order valence-electron chi connectivity index (χ4n) is 0.356. The molecule has 0 saturated heterocycles. The predicted octanol–water partition coefficient (Wildman–Crippen LogP) is 1.07. The van der Waals surface area contributed by atoms with E-state index in [9.17, 15) is 22.1 Å². The molecule has 0 spiro atoms. The van der Waals surface area contributed by atoms with Gasteiger partial charge < -0.3 is 27.3 Å². The molecular weight excluding hydrogens is 193 g/mol. The van der Waals surface area contributed by atoms with Crippen molar-refractivity contribution in [2.45, 2.75) is 6.92 Å². The molecule has 0 aliphatic rings. The quantitative estimate of drug-likeness (QED) is 0.424. The Labute approximate surface area is 73.5 Å². The molecule has 80 valence electrons. The van der Waals surface area contributed by atoms with Crippen molar-refractivity contribution in [2.24, 2.45) is 0 Å². The molecule has 0 aliphatic carbocycles. The highest BCUT2D eigenvalue weighted by atomic mass is 19.5. The van der Waals surface area contributed by atoms with Gasteiger partial charge in [-0.05, 0) is 14.0 Å². The SMILES string of the molecule is CCOC(=O)CNC.F[B-](F)(F)F. The van der Waals surface area contributed by atoms with Gasteiger partial charge in [0.1, 0.15) is 0 Å². The van der Waals surface area contributed by atoms with Crippen LogP contribution < -0.4 is 5.32 Å². The highest BCUT2D eigenvalue weighted by Gasteiger charge is 2.20. The molecule has 0 amide bonds. The smallest absolute Gasteiger partial charge is 0.465 e. The maximum absolute atomic E-state index is 10.4. The van der Waals surface area contributed by atoms with Gasteiger partial charge >= 0.3 is 13.2 Å². The Kier molecular flexibility index (Phi) is 8.88. The lowest BCUT2D eigenvalue weighted by Gasteiger charge is -1.97. The second kappa shape index (κ2) is 7.84. The van der Waals surface area contributed by atoms with Gasteiger partial charge in [-0.25, -0.2) is 0 Å². The number of nitrogens with one attached hydrogen (secondary N) is 1. The van der Waals surface area contributed by atoms with Gasteiger partial charge in [0, 0.05) is 0 Å². The van der Waals surface area contributed by atoms with Gasteiger partial charge in [0.15, 0.2) is 0 Å². The summed E-state index contributed by atoms with van der Waals surface area (Å²) in [5, 5.41) is 2.68. The molecule has 0 rings (SSSR count). The summed E-state index contributed by atoms with van der Waals surface area (Å²) in [4.78, 5) is 10.4. The lowest BCUT2D eigenvalue weighted by Crippen LogP contribution is -2.20. The van der Waals surface area contributed by atoms with Gasteiger partial charge in [-0.15, -0.1) is 0 Å². The Balaban J connectivity index is 0. The van der Waals surface area contributed by atoms with Gasteiger partial charge in [0.25, 0.3) is 0 Å². The zero-order valence-corrected chi connectivity index (χ0v) is 7.32. The van der Waals surface area contributed by atoms with E-state index in [1.807, 2.05) is 0 Å². The summed E-state index contributed by atoms with van der Waals surface area (Å²) >= 11 is 0. The first-order valence-corrected chi connectivity index (χ1v) is 3.48. The first-order chi connectivity index (χ1) is 5.81.